The number of hydrogen-bond donors (Lipinski definition) is 0. The van der Waals surface area contributed by atoms with Crippen LogP contribution in [0.15, 0.2) is 4.99 Å². The molecular weight excluding hydrogens is 194 g/mol. The Kier molecular flexibility index (Phi) is 10.3. The molecule has 0 aromatic heterocycles. The van der Waals surface area contributed by atoms with E-state index < -0.39 is 9.04 Å². The van der Waals surface area contributed by atoms with Crippen molar-refractivity contribution in [2.75, 3.05) is 13.2 Å². The molecule has 0 aromatic rings. The van der Waals surface area contributed by atoms with E-state index in [1.165, 1.54) is 12.1 Å². The van der Waals surface area contributed by atoms with Gasteiger partial charge in [-0.25, -0.2) is 9.79 Å². The van der Waals surface area contributed by atoms with E-state index in [0.29, 0.717) is 6.54 Å². The summed E-state index contributed by atoms with van der Waals surface area (Å²) in [6.45, 7) is 5.92. The second kappa shape index (κ2) is 10.6. The Hall–Kier alpha value is -0.443. The molecule has 82 valence electrons. The monoisotopic (exact) mass is 215 g/mol. The van der Waals surface area contributed by atoms with Gasteiger partial charge in [-0.05, 0) is 31.4 Å². The summed E-state index contributed by atoms with van der Waals surface area (Å²) in [5.74, 6) is 0. The van der Waals surface area contributed by atoms with Gasteiger partial charge in [-0.2, -0.15) is 0 Å². The maximum Gasteiger partial charge on any atom is 0.234 e. The fraction of sp³-hybridized carbons (Fsp3) is 0.900. The van der Waals surface area contributed by atoms with Gasteiger partial charge in [-0.15, -0.1) is 0 Å². The summed E-state index contributed by atoms with van der Waals surface area (Å²) in [5, 5.41) is 0. The molecule has 0 unspecified atom stereocenters. The van der Waals surface area contributed by atoms with Crippen LogP contribution in [-0.4, -0.2) is 28.3 Å². The summed E-state index contributed by atoms with van der Waals surface area (Å²) >= 11 is 0. The van der Waals surface area contributed by atoms with E-state index in [4.69, 9.17) is 4.43 Å². The van der Waals surface area contributed by atoms with E-state index in [1.54, 1.807) is 6.08 Å². The molecular formula is C10H21NO2Si. The van der Waals surface area contributed by atoms with Crippen LogP contribution in [0.5, 0.6) is 0 Å². The van der Waals surface area contributed by atoms with Crippen molar-refractivity contribution < 1.29 is 9.22 Å². The van der Waals surface area contributed by atoms with Crippen LogP contribution < -0.4 is 0 Å². The molecule has 0 aliphatic rings. The lowest BCUT2D eigenvalue weighted by Gasteiger charge is -2.11. The van der Waals surface area contributed by atoms with Crippen LogP contribution in [-0.2, 0) is 9.22 Å². The van der Waals surface area contributed by atoms with Crippen molar-refractivity contribution in [3.8, 4) is 0 Å². The van der Waals surface area contributed by atoms with Crippen LogP contribution in [0.4, 0.5) is 0 Å². The molecule has 0 saturated heterocycles. The average Bonchev–Trinajstić information content (AvgIpc) is 2.22. The smallest absolute Gasteiger partial charge is 0.234 e. The topological polar surface area (TPSA) is 38.7 Å². The van der Waals surface area contributed by atoms with Crippen molar-refractivity contribution in [1.82, 2.24) is 0 Å². The minimum absolute atomic E-state index is 0.617. The zero-order valence-corrected chi connectivity index (χ0v) is 10.4. The Morgan fingerprint density at radius 2 is 1.93 bits per heavy atom. The van der Waals surface area contributed by atoms with Crippen LogP contribution in [0, 0.1) is 0 Å². The average molecular weight is 215 g/mol. The fourth-order valence-corrected chi connectivity index (χ4v) is 2.84. The molecule has 0 aromatic carbocycles. The molecule has 0 radical (unpaired) electrons. The lowest BCUT2D eigenvalue weighted by atomic mass is 10.2. The second-order valence-electron chi connectivity index (χ2n) is 3.34. The first-order chi connectivity index (χ1) is 6.85. The fourth-order valence-electron chi connectivity index (χ4n) is 1.29. The van der Waals surface area contributed by atoms with Crippen molar-refractivity contribution in [2.24, 2.45) is 4.99 Å². The third-order valence-corrected chi connectivity index (χ3v) is 4.77. The molecule has 0 bridgehead atoms. The largest absolute Gasteiger partial charge is 0.420 e. The molecule has 0 spiro atoms. The molecule has 0 aliphatic carbocycles. The van der Waals surface area contributed by atoms with Gasteiger partial charge in [0.25, 0.3) is 0 Å². The number of carbonyl (C=O) groups excluding carboxylic acids is 1. The van der Waals surface area contributed by atoms with E-state index in [1.807, 2.05) is 0 Å². The predicted molar refractivity (Wildman–Crippen MR) is 60.9 cm³/mol. The van der Waals surface area contributed by atoms with Crippen molar-refractivity contribution in [1.29, 1.82) is 0 Å². The summed E-state index contributed by atoms with van der Waals surface area (Å²) in [4.78, 5) is 13.2. The van der Waals surface area contributed by atoms with Gasteiger partial charge in [0.05, 0.1) is 6.54 Å². The maximum absolute atomic E-state index is 9.75. The number of unbranched alkanes of at least 4 members (excludes halogenated alkanes) is 2. The molecule has 0 aliphatic heterocycles. The van der Waals surface area contributed by atoms with Crippen LogP contribution in [0.3, 0.4) is 0 Å². The Labute approximate surface area is 88.3 Å². The van der Waals surface area contributed by atoms with E-state index >= 15 is 0 Å². The lowest BCUT2D eigenvalue weighted by Crippen LogP contribution is -2.15. The van der Waals surface area contributed by atoms with Gasteiger partial charge in [0, 0.05) is 6.61 Å². The third kappa shape index (κ3) is 8.17. The van der Waals surface area contributed by atoms with E-state index in [0.717, 1.165) is 25.9 Å². The van der Waals surface area contributed by atoms with Gasteiger partial charge >= 0.3 is 0 Å². The normalized spacial score (nSPS) is 10.2. The Balaban J connectivity index is 3.15. The number of aliphatic imine (C=N–C) groups is 1. The number of hydrogen-bond acceptors (Lipinski definition) is 3. The van der Waals surface area contributed by atoms with E-state index in [9.17, 15) is 4.79 Å². The maximum atomic E-state index is 9.75. The number of isocyanates is 1. The highest BCUT2D eigenvalue weighted by atomic mass is 28.3. The zero-order valence-electron chi connectivity index (χ0n) is 9.29. The van der Waals surface area contributed by atoms with Gasteiger partial charge in [-0.1, -0.05) is 13.8 Å². The van der Waals surface area contributed by atoms with Gasteiger partial charge < -0.3 is 4.43 Å². The van der Waals surface area contributed by atoms with Gasteiger partial charge in [0.1, 0.15) is 0 Å². The molecule has 14 heavy (non-hydrogen) atoms. The van der Waals surface area contributed by atoms with Crippen LogP contribution >= 0.6 is 0 Å². The quantitative estimate of drug-likeness (QED) is 0.256. The number of rotatable bonds is 9. The molecule has 0 fully saturated rings. The molecule has 3 nitrogen and oxygen atoms in total. The van der Waals surface area contributed by atoms with Crippen molar-refractivity contribution >= 4 is 15.1 Å². The first-order valence-electron chi connectivity index (χ1n) is 5.50. The molecule has 0 atom stereocenters. The highest BCUT2D eigenvalue weighted by Crippen LogP contribution is 2.02. The first-order valence-corrected chi connectivity index (χ1v) is 7.60. The van der Waals surface area contributed by atoms with Gasteiger partial charge in [-0.3, -0.25) is 0 Å². The molecule has 4 heteroatoms. The van der Waals surface area contributed by atoms with Crippen molar-refractivity contribution in [3.63, 3.8) is 0 Å². The van der Waals surface area contributed by atoms with Crippen LogP contribution in [0.2, 0.25) is 12.1 Å². The number of nitrogens with zero attached hydrogens (tertiary/aromatic N) is 1. The summed E-state index contributed by atoms with van der Waals surface area (Å²) in [7, 11) is -0.843. The van der Waals surface area contributed by atoms with Crippen molar-refractivity contribution in [3.05, 3.63) is 0 Å². The Bertz CT molecular complexity index is 166. The summed E-state index contributed by atoms with van der Waals surface area (Å²) < 4.78 is 5.78. The molecule has 0 heterocycles. The zero-order chi connectivity index (χ0) is 10.6. The minimum Gasteiger partial charge on any atom is -0.420 e. The van der Waals surface area contributed by atoms with Gasteiger partial charge in [0.2, 0.25) is 6.08 Å². The summed E-state index contributed by atoms with van der Waals surface area (Å²) in [6, 6.07) is 2.46. The third-order valence-electron chi connectivity index (χ3n) is 2.24. The van der Waals surface area contributed by atoms with E-state index in [2.05, 4.69) is 18.8 Å². The minimum atomic E-state index is -0.843. The summed E-state index contributed by atoms with van der Waals surface area (Å²) in [6.07, 6.45) is 4.71. The Morgan fingerprint density at radius 3 is 2.50 bits per heavy atom. The highest BCUT2D eigenvalue weighted by Gasteiger charge is 2.04. The summed E-state index contributed by atoms with van der Waals surface area (Å²) in [5.41, 5.74) is 0. The molecule has 0 N–H and O–H groups in total. The lowest BCUT2D eigenvalue weighted by molar-refractivity contribution is 0.307. The van der Waals surface area contributed by atoms with Crippen LogP contribution in [0.1, 0.15) is 33.1 Å². The Morgan fingerprint density at radius 1 is 1.21 bits per heavy atom. The molecule has 0 rings (SSSR count). The molecule has 0 amide bonds. The molecule has 0 saturated carbocycles. The standard InChI is InChI=1S/C10H21NO2Si/c1-3-14(4-2)13-9-7-5-6-8-11-10-12/h14H,3-9H2,1-2H3. The van der Waals surface area contributed by atoms with Crippen LogP contribution in [0.25, 0.3) is 0 Å². The van der Waals surface area contributed by atoms with Crippen molar-refractivity contribution in [2.45, 2.75) is 45.2 Å². The first kappa shape index (κ1) is 13.6. The second-order valence-corrected chi connectivity index (χ2v) is 6.55. The SMILES string of the molecule is CC[SiH](CC)OCCCCCN=C=O. The predicted octanol–water partition coefficient (Wildman–Crippen LogP) is 2.27. The van der Waals surface area contributed by atoms with Gasteiger partial charge in [0.15, 0.2) is 9.04 Å². The highest BCUT2D eigenvalue weighted by molar-refractivity contribution is 6.51. The van der Waals surface area contributed by atoms with E-state index in [-0.39, 0.29) is 0 Å².